The monoisotopic (exact) mass is 388 g/mol. The molecule has 8 heteroatoms. The highest BCUT2D eigenvalue weighted by atomic mass is 32.2. The maximum atomic E-state index is 12.8. The van der Waals surface area contributed by atoms with E-state index in [0.29, 0.717) is 31.6 Å². The minimum Gasteiger partial charge on any atom is -0.339 e. The summed E-state index contributed by atoms with van der Waals surface area (Å²) >= 11 is 0. The summed E-state index contributed by atoms with van der Waals surface area (Å²) in [5.74, 6) is -0.0593. The predicted molar refractivity (Wildman–Crippen MR) is 103 cm³/mol. The number of carbonyl (C=O) groups is 1. The van der Waals surface area contributed by atoms with Gasteiger partial charge in [-0.05, 0) is 25.0 Å². The molecule has 0 bridgehead atoms. The number of nitrogens with zero attached hydrogens (tertiary/aromatic N) is 4. The van der Waals surface area contributed by atoms with Crippen LogP contribution in [0.25, 0.3) is 6.08 Å². The van der Waals surface area contributed by atoms with E-state index in [1.54, 1.807) is 23.4 Å². The summed E-state index contributed by atoms with van der Waals surface area (Å²) in [6.07, 6.45) is 5.42. The second-order valence-corrected chi connectivity index (χ2v) is 8.55. The van der Waals surface area contributed by atoms with Gasteiger partial charge in [-0.3, -0.25) is 4.79 Å². The van der Waals surface area contributed by atoms with Crippen LogP contribution in [0.15, 0.2) is 53.5 Å². The SMILES string of the molecule is C/C(=C\c1ccccc1)C(=O)N1CCCN(S(=O)(=O)c2cn(C)cn2)CC1. The van der Waals surface area contributed by atoms with Crippen LogP contribution in [0.4, 0.5) is 0 Å². The van der Waals surface area contributed by atoms with E-state index in [1.165, 1.54) is 16.8 Å². The number of rotatable bonds is 4. The molecule has 2 aromatic rings. The first kappa shape index (κ1) is 19.3. The molecule has 0 atom stereocenters. The lowest BCUT2D eigenvalue weighted by molar-refractivity contribution is -0.126. The lowest BCUT2D eigenvalue weighted by Gasteiger charge is -2.21. The molecular weight excluding hydrogens is 364 g/mol. The fraction of sp³-hybridized carbons (Fsp3) is 0.368. The van der Waals surface area contributed by atoms with Crippen LogP contribution in [-0.4, -0.2) is 59.3 Å². The maximum absolute atomic E-state index is 12.8. The first-order valence-corrected chi connectivity index (χ1v) is 10.3. The van der Waals surface area contributed by atoms with E-state index in [1.807, 2.05) is 36.4 Å². The first-order valence-electron chi connectivity index (χ1n) is 8.88. The largest absolute Gasteiger partial charge is 0.339 e. The Balaban J connectivity index is 1.69. The van der Waals surface area contributed by atoms with Gasteiger partial charge >= 0.3 is 0 Å². The number of aryl methyl sites for hydroxylation is 1. The van der Waals surface area contributed by atoms with E-state index < -0.39 is 10.0 Å². The summed E-state index contributed by atoms with van der Waals surface area (Å²) in [7, 11) is -1.90. The molecule has 2 heterocycles. The average molecular weight is 388 g/mol. The van der Waals surface area contributed by atoms with Crippen molar-refractivity contribution in [1.29, 1.82) is 0 Å². The standard InChI is InChI=1S/C19H24N4O3S/c1-16(13-17-7-4-3-5-8-17)19(24)22-9-6-10-23(12-11-22)27(25,26)18-14-21(2)15-20-18/h3-5,7-8,13-15H,6,9-12H2,1-2H3/b16-13+. The number of sulfonamides is 1. The van der Waals surface area contributed by atoms with Crippen molar-refractivity contribution in [2.24, 2.45) is 7.05 Å². The van der Waals surface area contributed by atoms with Crippen LogP contribution in [0.3, 0.4) is 0 Å². The van der Waals surface area contributed by atoms with Gasteiger partial charge in [-0.25, -0.2) is 13.4 Å². The summed E-state index contributed by atoms with van der Waals surface area (Å²) in [4.78, 5) is 18.4. The van der Waals surface area contributed by atoms with Crippen molar-refractivity contribution in [1.82, 2.24) is 18.8 Å². The number of aromatic nitrogens is 2. The zero-order chi connectivity index (χ0) is 19.4. The number of benzene rings is 1. The van der Waals surface area contributed by atoms with Crippen molar-refractivity contribution in [3.8, 4) is 0 Å². The third kappa shape index (κ3) is 4.45. The third-order valence-electron chi connectivity index (χ3n) is 4.55. The molecule has 1 aliphatic heterocycles. The molecule has 7 nitrogen and oxygen atoms in total. The smallest absolute Gasteiger partial charge is 0.262 e. The van der Waals surface area contributed by atoms with E-state index in [-0.39, 0.29) is 17.5 Å². The molecule has 0 N–H and O–H groups in total. The van der Waals surface area contributed by atoms with Gasteiger partial charge in [0, 0.05) is 45.0 Å². The lowest BCUT2D eigenvalue weighted by atomic mass is 10.1. The molecule has 0 aliphatic carbocycles. The van der Waals surface area contributed by atoms with E-state index >= 15 is 0 Å². The zero-order valence-corrected chi connectivity index (χ0v) is 16.4. The molecule has 0 spiro atoms. The normalized spacial score (nSPS) is 17.0. The average Bonchev–Trinajstić information content (AvgIpc) is 2.95. The van der Waals surface area contributed by atoms with Crippen molar-refractivity contribution in [2.75, 3.05) is 26.2 Å². The number of amides is 1. The van der Waals surface area contributed by atoms with Crippen LogP contribution in [0.1, 0.15) is 18.9 Å². The number of hydrogen-bond acceptors (Lipinski definition) is 4. The molecule has 1 aliphatic rings. The Bertz CT molecular complexity index is 935. The molecule has 0 radical (unpaired) electrons. The summed E-state index contributed by atoms with van der Waals surface area (Å²) in [5.41, 5.74) is 1.61. The van der Waals surface area contributed by atoms with Gasteiger partial charge in [-0.2, -0.15) is 4.31 Å². The first-order chi connectivity index (χ1) is 12.9. The maximum Gasteiger partial charge on any atom is 0.262 e. The van der Waals surface area contributed by atoms with Crippen LogP contribution in [-0.2, 0) is 21.9 Å². The fourth-order valence-electron chi connectivity index (χ4n) is 3.10. The van der Waals surface area contributed by atoms with Gasteiger partial charge in [0.2, 0.25) is 5.91 Å². The molecule has 0 saturated carbocycles. The molecular formula is C19H24N4O3S. The quantitative estimate of drug-likeness (QED) is 0.748. The second kappa shape index (κ2) is 8.06. The van der Waals surface area contributed by atoms with Crippen molar-refractivity contribution in [2.45, 2.75) is 18.4 Å². The molecule has 1 fully saturated rings. The van der Waals surface area contributed by atoms with Crippen LogP contribution in [0.2, 0.25) is 0 Å². The molecule has 3 rings (SSSR count). The number of hydrogen-bond donors (Lipinski definition) is 0. The van der Waals surface area contributed by atoms with Crippen LogP contribution < -0.4 is 0 Å². The van der Waals surface area contributed by atoms with Gasteiger partial charge in [0.05, 0.1) is 6.33 Å². The third-order valence-corrected chi connectivity index (χ3v) is 6.33. The van der Waals surface area contributed by atoms with Gasteiger partial charge in [0.1, 0.15) is 0 Å². The summed E-state index contributed by atoms with van der Waals surface area (Å²) in [6.45, 7) is 3.34. The molecule has 1 amide bonds. The highest BCUT2D eigenvalue weighted by Crippen LogP contribution is 2.17. The molecule has 0 unspecified atom stereocenters. The molecule has 27 heavy (non-hydrogen) atoms. The van der Waals surface area contributed by atoms with Crippen molar-refractivity contribution >= 4 is 22.0 Å². The molecule has 1 aromatic carbocycles. The van der Waals surface area contributed by atoms with Crippen molar-refractivity contribution < 1.29 is 13.2 Å². The van der Waals surface area contributed by atoms with E-state index in [2.05, 4.69) is 4.98 Å². The summed E-state index contributed by atoms with van der Waals surface area (Å²) < 4.78 is 28.5. The second-order valence-electron chi connectivity index (χ2n) is 6.67. The predicted octanol–water partition coefficient (Wildman–Crippen LogP) is 1.75. The lowest BCUT2D eigenvalue weighted by Crippen LogP contribution is -2.37. The fourth-order valence-corrected chi connectivity index (χ4v) is 4.54. The van der Waals surface area contributed by atoms with Crippen LogP contribution in [0, 0.1) is 0 Å². The van der Waals surface area contributed by atoms with Gasteiger partial charge in [-0.1, -0.05) is 30.3 Å². The van der Waals surface area contributed by atoms with Crippen molar-refractivity contribution in [3.05, 3.63) is 54.0 Å². The highest BCUT2D eigenvalue weighted by Gasteiger charge is 2.30. The number of imidazole rings is 1. The minimum absolute atomic E-state index is 0.0462. The van der Waals surface area contributed by atoms with Gasteiger partial charge in [-0.15, -0.1) is 0 Å². The van der Waals surface area contributed by atoms with E-state index in [9.17, 15) is 13.2 Å². The summed E-state index contributed by atoms with van der Waals surface area (Å²) in [5, 5.41) is 0.0462. The Kier molecular flexibility index (Phi) is 5.76. The Morgan fingerprint density at radius 3 is 2.52 bits per heavy atom. The van der Waals surface area contributed by atoms with E-state index in [0.717, 1.165) is 5.56 Å². The Hall–Kier alpha value is -2.45. The molecule has 1 aromatic heterocycles. The highest BCUT2D eigenvalue weighted by molar-refractivity contribution is 7.89. The zero-order valence-electron chi connectivity index (χ0n) is 15.6. The Morgan fingerprint density at radius 2 is 1.85 bits per heavy atom. The van der Waals surface area contributed by atoms with Crippen molar-refractivity contribution in [3.63, 3.8) is 0 Å². The van der Waals surface area contributed by atoms with Gasteiger partial charge < -0.3 is 9.47 Å². The Labute approximate surface area is 160 Å². The topological polar surface area (TPSA) is 75.5 Å². The minimum atomic E-state index is -3.63. The van der Waals surface area contributed by atoms with Gasteiger partial charge in [0.15, 0.2) is 5.03 Å². The summed E-state index contributed by atoms with van der Waals surface area (Å²) in [6, 6.07) is 9.67. The molecule has 1 saturated heterocycles. The van der Waals surface area contributed by atoms with E-state index in [4.69, 9.17) is 0 Å². The molecule has 144 valence electrons. The Morgan fingerprint density at radius 1 is 1.11 bits per heavy atom. The van der Waals surface area contributed by atoms with Gasteiger partial charge in [0.25, 0.3) is 10.0 Å². The van der Waals surface area contributed by atoms with Crippen LogP contribution in [0.5, 0.6) is 0 Å². The number of carbonyl (C=O) groups excluding carboxylic acids is 1. The van der Waals surface area contributed by atoms with Crippen LogP contribution >= 0.6 is 0 Å².